The third-order valence-corrected chi connectivity index (χ3v) is 3.02. The first-order valence-electron chi connectivity index (χ1n) is 6.46. The van der Waals surface area contributed by atoms with E-state index in [1.54, 1.807) is 13.1 Å². The molecule has 1 rings (SSSR count). The quantitative estimate of drug-likeness (QED) is 0.597. The molecule has 0 fully saturated rings. The molecule has 0 aliphatic rings. The smallest absolute Gasteiger partial charge is 0.307 e. The summed E-state index contributed by atoms with van der Waals surface area (Å²) in [6.07, 6.45) is 1.87. The number of esters is 1. The summed E-state index contributed by atoms with van der Waals surface area (Å²) in [4.78, 5) is 29.0. The van der Waals surface area contributed by atoms with Crippen molar-refractivity contribution in [1.29, 1.82) is 0 Å². The number of amides is 1. The zero-order chi connectivity index (χ0) is 15.1. The number of halogens is 1. The third kappa shape index (κ3) is 4.81. The first-order valence-corrected chi connectivity index (χ1v) is 6.84. The van der Waals surface area contributed by atoms with Crippen LogP contribution in [0.3, 0.4) is 0 Å². The Labute approximate surface area is 123 Å². The highest BCUT2D eigenvalue weighted by Crippen LogP contribution is 2.14. The summed E-state index contributed by atoms with van der Waals surface area (Å²) in [6, 6.07) is 3.28. The molecule has 0 saturated carbocycles. The molecule has 5 nitrogen and oxygen atoms in total. The number of carbonyl (C=O) groups excluding carboxylic acids is 2. The SMILES string of the molecule is CCCc1cc(C(=O)N(C)CCC(=O)OC)cc(Cl)n1. The molecule has 1 amide bonds. The van der Waals surface area contributed by atoms with Crippen molar-refractivity contribution >= 4 is 23.5 Å². The molecule has 6 heteroatoms. The summed E-state index contributed by atoms with van der Waals surface area (Å²) in [5.74, 6) is -0.528. The summed E-state index contributed by atoms with van der Waals surface area (Å²) in [7, 11) is 2.96. The van der Waals surface area contributed by atoms with E-state index in [0.29, 0.717) is 17.3 Å². The molecule has 0 aliphatic heterocycles. The van der Waals surface area contributed by atoms with Crippen LogP contribution in [0.2, 0.25) is 5.15 Å². The normalized spacial score (nSPS) is 10.2. The van der Waals surface area contributed by atoms with Gasteiger partial charge in [0.15, 0.2) is 0 Å². The average molecular weight is 299 g/mol. The second kappa shape index (κ2) is 7.85. The molecule has 20 heavy (non-hydrogen) atoms. The zero-order valence-electron chi connectivity index (χ0n) is 12.0. The molecule has 0 atom stereocenters. The van der Waals surface area contributed by atoms with Gasteiger partial charge in [-0.15, -0.1) is 0 Å². The van der Waals surface area contributed by atoms with Crippen LogP contribution in [0.4, 0.5) is 0 Å². The summed E-state index contributed by atoms with van der Waals surface area (Å²) in [5.41, 5.74) is 1.28. The number of ether oxygens (including phenoxy) is 1. The first-order chi connectivity index (χ1) is 9.47. The van der Waals surface area contributed by atoms with E-state index >= 15 is 0 Å². The molecule has 0 N–H and O–H groups in total. The van der Waals surface area contributed by atoms with Crippen molar-refractivity contribution in [2.45, 2.75) is 26.2 Å². The summed E-state index contributed by atoms with van der Waals surface area (Å²) >= 11 is 5.93. The van der Waals surface area contributed by atoms with E-state index in [9.17, 15) is 9.59 Å². The van der Waals surface area contributed by atoms with Crippen molar-refractivity contribution in [3.05, 3.63) is 28.5 Å². The molecule has 0 unspecified atom stereocenters. The van der Waals surface area contributed by atoms with Crippen molar-refractivity contribution in [1.82, 2.24) is 9.88 Å². The van der Waals surface area contributed by atoms with E-state index in [1.165, 1.54) is 18.1 Å². The van der Waals surface area contributed by atoms with Gasteiger partial charge in [-0.25, -0.2) is 4.98 Å². The number of aryl methyl sites for hydroxylation is 1. The van der Waals surface area contributed by atoms with E-state index in [0.717, 1.165) is 18.5 Å². The van der Waals surface area contributed by atoms with Gasteiger partial charge in [0.25, 0.3) is 5.91 Å². The number of pyridine rings is 1. The van der Waals surface area contributed by atoms with Crippen LogP contribution in [-0.2, 0) is 16.0 Å². The Morgan fingerprint density at radius 2 is 2.10 bits per heavy atom. The number of hydrogen-bond donors (Lipinski definition) is 0. The number of hydrogen-bond acceptors (Lipinski definition) is 4. The van der Waals surface area contributed by atoms with Gasteiger partial charge in [-0.2, -0.15) is 0 Å². The fraction of sp³-hybridized carbons (Fsp3) is 0.500. The Morgan fingerprint density at radius 1 is 1.40 bits per heavy atom. The summed E-state index contributed by atoms with van der Waals surface area (Å²) in [6.45, 7) is 2.33. The number of rotatable bonds is 6. The van der Waals surface area contributed by atoms with Gasteiger partial charge in [-0.3, -0.25) is 9.59 Å². The fourth-order valence-corrected chi connectivity index (χ4v) is 1.97. The van der Waals surface area contributed by atoms with E-state index < -0.39 is 0 Å². The average Bonchev–Trinajstić information content (AvgIpc) is 2.43. The fourth-order valence-electron chi connectivity index (χ4n) is 1.74. The monoisotopic (exact) mass is 298 g/mol. The van der Waals surface area contributed by atoms with Crippen LogP contribution in [0.1, 0.15) is 35.8 Å². The number of aromatic nitrogens is 1. The maximum absolute atomic E-state index is 12.2. The minimum atomic E-state index is -0.343. The highest BCUT2D eigenvalue weighted by atomic mass is 35.5. The molecule has 1 aromatic heterocycles. The molecule has 0 saturated heterocycles. The van der Waals surface area contributed by atoms with Gasteiger partial charge in [0.1, 0.15) is 5.15 Å². The lowest BCUT2D eigenvalue weighted by molar-refractivity contribution is -0.140. The summed E-state index contributed by atoms with van der Waals surface area (Å²) in [5, 5.41) is 0.306. The van der Waals surface area contributed by atoms with Gasteiger partial charge in [0.05, 0.1) is 13.5 Å². The van der Waals surface area contributed by atoms with Crippen LogP contribution in [0.5, 0.6) is 0 Å². The number of carbonyl (C=O) groups is 2. The third-order valence-electron chi connectivity index (χ3n) is 2.83. The van der Waals surface area contributed by atoms with E-state index in [2.05, 4.69) is 9.72 Å². The minimum absolute atomic E-state index is 0.166. The molecule has 0 bridgehead atoms. The van der Waals surface area contributed by atoms with Gasteiger partial charge in [-0.05, 0) is 18.6 Å². The molecule has 0 aromatic carbocycles. The van der Waals surface area contributed by atoms with E-state index in [1.807, 2.05) is 6.92 Å². The molecular weight excluding hydrogens is 280 g/mol. The van der Waals surface area contributed by atoms with Crippen LogP contribution in [0.25, 0.3) is 0 Å². The van der Waals surface area contributed by atoms with Crippen LogP contribution >= 0.6 is 11.6 Å². The Hall–Kier alpha value is -1.62. The first kappa shape index (κ1) is 16.4. The Balaban J connectivity index is 2.77. The van der Waals surface area contributed by atoms with Gasteiger partial charge >= 0.3 is 5.97 Å². The van der Waals surface area contributed by atoms with Crippen molar-refractivity contribution in [3.8, 4) is 0 Å². The topological polar surface area (TPSA) is 59.5 Å². The van der Waals surface area contributed by atoms with Gasteiger partial charge in [0, 0.05) is 24.8 Å². The number of nitrogens with zero attached hydrogens (tertiary/aromatic N) is 2. The number of methoxy groups -OCH3 is 1. The Kier molecular flexibility index (Phi) is 6.45. The van der Waals surface area contributed by atoms with Crippen molar-refractivity contribution in [2.75, 3.05) is 20.7 Å². The van der Waals surface area contributed by atoms with Gasteiger partial charge in [-0.1, -0.05) is 24.9 Å². The molecule has 0 aliphatic carbocycles. The maximum Gasteiger partial charge on any atom is 0.307 e. The lowest BCUT2D eigenvalue weighted by atomic mass is 10.1. The van der Waals surface area contributed by atoms with Crippen LogP contribution in [0, 0.1) is 0 Å². The largest absolute Gasteiger partial charge is 0.469 e. The molecular formula is C14H19ClN2O3. The highest BCUT2D eigenvalue weighted by Gasteiger charge is 2.15. The second-order valence-corrected chi connectivity index (χ2v) is 4.86. The van der Waals surface area contributed by atoms with Crippen molar-refractivity contribution < 1.29 is 14.3 Å². The van der Waals surface area contributed by atoms with Crippen molar-refractivity contribution in [2.24, 2.45) is 0 Å². The predicted octanol–water partition coefficient (Wildman–Crippen LogP) is 2.32. The Morgan fingerprint density at radius 3 is 2.70 bits per heavy atom. The van der Waals surface area contributed by atoms with E-state index in [4.69, 9.17) is 11.6 Å². The van der Waals surface area contributed by atoms with Crippen molar-refractivity contribution in [3.63, 3.8) is 0 Å². The molecule has 0 spiro atoms. The second-order valence-electron chi connectivity index (χ2n) is 4.47. The summed E-state index contributed by atoms with van der Waals surface area (Å²) < 4.78 is 4.55. The van der Waals surface area contributed by atoms with E-state index in [-0.39, 0.29) is 18.3 Å². The lowest BCUT2D eigenvalue weighted by Gasteiger charge is -2.17. The van der Waals surface area contributed by atoms with Gasteiger partial charge in [0.2, 0.25) is 0 Å². The standard InChI is InChI=1S/C14H19ClN2O3/c1-4-5-11-8-10(9-12(15)16-11)14(19)17(2)7-6-13(18)20-3/h8-9H,4-7H2,1-3H3. The van der Waals surface area contributed by atoms with Crippen LogP contribution in [-0.4, -0.2) is 42.5 Å². The van der Waals surface area contributed by atoms with Crippen LogP contribution < -0.4 is 0 Å². The minimum Gasteiger partial charge on any atom is -0.469 e. The Bertz CT molecular complexity index is 491. The highest BCUT2D eigenvalue weighted by molar-refractivity contribution is 6.29. The zero-order valence-corrected chi connectivity index (χ0v) is 12.7. The molecule has 1 aromatic rings. The maximum atomic E-state index is 12.2. The van der Waals surface area contributed by atoms with Crippen LogP contribution in [0.15, 0.2) is 12.1 Å². The molecule has 1 heterocycles. The lowest BCUT2D eigenvalue weighted by Crippen LogP contribution is -2.29. The molecule has 110 valence electrons. The van der Waals surface area contributed by atoms with Gasteiger partial charge < -0.3 is 9.64 Å². The molecule has 0 radical (unpaired) electrons. The predicted molar refractivity (Wildman–Crippen MR) is 76.8 cm³/mol.